The Morgan fingerprint density at radius 2 is 1.53 bits per heavy atom. The summed E-state index contributed by atoms with van der Waals surface area (Å²) < 4.78 is 80.3. The number of carbonyl (C=O) groups excluding carboxylic acids is 3. The van der Waals surface area contributed by atoms with Crippen molar-refractivity contribution < 1.29 is 56.0 Å². The lowest BCUT2D eigenvalue weighted by atomic mass is 9.50. The summed E-state index contributed by atoms with van der Waals surface area (Å²) in [5.74, 6) is -6.31. The molecule has 7 N–H and O–H groups in total. The van der Waals surface area contributed by atoms with Gasteiger partial charge in [-0.05, 0) is 60.3 Å². The number of ketones is 2. The molecule has 0 aliphatic heterocycles. The molecule has 0 saturated carbocycles. The molecule has 2 aromatic rings. The van der Waals surface area contributed by atoms with E-state index in [-0.39, 0.29) is 42.2 Å². The Morgan fingerprint density at radius 3 is 2.04 bits per heavy atom. The number of nitrogens with zero attached hydrogens (tertiary/aromatic N) is 1. The number of aliphatic hydroxyl groups excluding tert-OH is 2. The molecule has 0 fully saturated rings. The number of fused-ring (bicyclic) bond motifs is 3. The lowest BCUT2D eigenvalue weighted by Crippen LogP contribution is -2.52. The van der Waals surface area contributed by atoms with Crippen LogP contribution in [0.5, 0.6) is 5.75 Å². The van der Waals surface area contributed by atoms with Crippen molar-refractivity contribution in [2.75, 3.05) is 29.6 Å². The quantitative estimate of drug-likeness (QED) is 0.0937. The lowest BCUT2D eigenvalue weighted by Gasteiger charge is -2.52. The number of phenolic OH excluding ortho intramolecular Hbond substituents is 1. The van der Waals surface area contributed by atoms with Gasteiger partial charge in [-0.3, -0.25) is 14.4 Å². The summed E-state index contributed by atoms with van der Waals surface area (Å²) in [6, 6.07) is 2.17. The van der Waals surface area contributed by atoms with E-state index >= 15 is 0 Å². The first-order valence-electron chi connectivity index (χ1n) is 14.6. The van der Waals surface area contributed by atoms with Crippen LogP contribution in [0.2, 0.25) is 0 Å². The van der Waals surface area contributed by atoms with Crippen LogP contribution in [-0.4, -0.2) is 52.0 Å². The molecule has 3 aliphatic carbocycles. The summed E-state index contributed by atoms with van der Waals surface area (Å²) in [7, 11) is 3.24. The van der Waals surface area contributed by atoms with Gasteiger partial charge in [-0.1, -0.05) is 13.8 Å². The highest BCUT2D eigenvalue weighted by Crippen LogP contribution is 2.61. The lowest BCUT2D eigenvalue weighted by molar-refractivity contribution is -0.143. The number of benzene rings is 2. The van der Waals surface area contributed by atoms with Crippen molar-refractivity contribution in [2.45, 2.75) is 45.5 Å². The molecule has 17 heteroatoms. The number of carbonyl (C=O) groups is 3. The number of anilines is 3. The van der Waals surface area contributed by atoms with E-state index in [1.54, 1.807) is 32.8 Å². The molecule has 1 amide bonds. The molecule has 3 aliphatic rings. The molecule has 0 aromatic heterocycles. The Bertz CT molecular complexity index is 1890. The van der Waals surface area contributed by atoms with Crippen LogP contribution in [-0.2, 0) is 28.4 Å². The maximum absolute atomic E-state index is 14.3. The van der Waals surface area contributed by atoms with E-state index in [4.69, 9.17) is 18.0 Å². The number of amides is 1. The van der Waals surface area contributed by atoms with Crippen molar-refractivity contribution >= 4 is 51.9 Å². The molecule has 10 nitrogen and oxygen atoms in total. The fraction of sp³-hybridized carbons (Fsp3) is 0.375. The van der Waals surface area contributed by atoms with Gasteiger partial charge < -0.3 is 36.6 Å². The molecular formula is C32H30F6N4O6S. The third-order valence-electron chi connectivity index (χ3n) is 9.22. The molecule has 1 unspecified atom stereocenters. The van der Waals surface area contributed by atoms with Crippen LogP contribution >= 0.6 is 12.2 Å². The van der Waals surface area contributed by atoms with Crippen molar-refractivity contribution in [1.29, 1.82) is 0 Å². The van der Waals surface area contributed by atoms with Gasteiger partial charge in [-0.25, -0.2) is 0 Å². The number of alkyl halides is 6. The van der Waals surface area contributed by atoms with Gasteiger partial charge in [-0.2, -0.15) is 26.3 Å². The summed E-state index contributed by atoms with van der Waals surface area (Å²) in [5, 5.41) is 37.8. The van der Waals surface area contributed by atoms with Crippen LogP contribution in [0.25, 0.3) is 0 Å². The molecular weight excluding hydrogens is 682 g/mol. The van der Waals surface area contributed by atoms with Gasteiger partial charge >= 0.3 is 12.4 Å². The van der Waals surface area contributed by atoms with E-state index in [0.717, 1.165) is 0 Å². The third-order valence-corrected chi connectivity index (χ3v) is 9.42. The Hall–Kier alpha value is -4.80. The largest absolute Gasteiger partial charge is 0.511 e. The highest BCUT2D eigenvalue weighted by Gasteiger charge is 2.60. The van der Waals surface area contributed by atoms with Gasteiger partial charge in [0, 0.05) is 42.9 Å². The van der Waals surface area contributed by atoms with Gasteiger partial charge in [0.25, 0.3) is 5.91 Å². The van der Waals surface area contributed by atoms with E-state index < -0.39 is 91.3 Å². The van der Waals surface area contributed by atoms with Crippen LogP contribution in [0.3, 0.4) is 0 Å². The van der Waals surface area contributed by atoms with E-state index in [0.29, 0.717) is 23.4 Å². The standard InChI is InChI=1S/C32H30F6N4O6S/c1-29-9-15-17(42(3)4)8-16(41-28(49)40-14-6-12(31(33,34)35)5-13(7-14)32(36,37)38)23(44)19(15)24(45)21(29)26(47)22-25(46)20(27(39)48)18(43)10-30(22,2)11-29/h5-8,22,43-44,47H,9-11H2,1-4H3,(H2,39,48)(H2,40,41,49)/t22?,29-,30+/m0/s1. The maximum atomic E-state index is 14.3. The fourth-order valence-electron chi connectivity index (χ4n) is 7.48. The monoisotopic (exact) mass is 712 g/mol. The number of rotatable bonds is 4. The molecule has 262 valence electrons. The Kier molecular flexibility index (Phi) is 8.25. The van der Waals surface area contributed by atoms with Crippen molar-refractivity contribution in [3.8, 4) is 5.75 Å². The minimum absolute atomic E-state index is 0.0472. The first kappa shape index (κ1) is 35.5. The van der Waals surface area contributed by atoms with Crippen LogP contribution in [0.4, 0.5) is 43.4 Å². The third kappa shape index (κ3) is 5.93. The van der Waals surface area contributed by atoms with Gasteiger partial charge in [0.1, 0.15) is 17.1 Å². The molecule has 0 heterocycles. The normalized spacial score (nSPS) is 23.8. The van der Waals surface area contributed by atoms with Gasteiger partial charge in [0.05, 0.1) is 28.3 Å². The predicted molar refractivity (Wildman–Crippen MR) is 169 cm³/mol. The van der Waals surface area contributed by atoms with E-state index in [2.05, 4.69) is 10.6 Å². The average Bonchev–Trinajstić information content (AvgIpc) is 2.91. The molecule has 0 bridgehead atoms. The van der Waals surface area contributed by atoms with Crippen LogP contribution < -0.4 is 21.3 Å². The number of primary amides is 1. The van der Waals surface area contributed by atoms with Crippen LogP contribution in [0, 0.1) is 16.7 Å². The zero-order valence-corrected chi connectivity index (χ0v) is 27.1. The average molecular weight is 713 g/mol. The number of thiocarbonyl (C=S) groups is 1. The number of aliphatic hydroxyl groups is 2. The molecule has 49 heavy (non-hydrogen) atoms. The molecule has 0 saturated heterocycles. The molecule has 0 radical (unpaired) electrons. The summed E-state index contributed by atoms with van der Waals surface area (Å²) in [5.41, 5.74) is -1.50. The highest BCUT2D eigenvalue weighted by atomic mass is 32.1. The number of phenols is 1. The van der Waals surface area contributed by atoms with E-state index in [1.807, 2.05) is 0 Å². The van der Waals surface area contributed by atoms with Crippen LogP contribution in [0.15, 0.2) is 46.9 Å². The summed E-state index contributed by atoms with van der Waals surface area (Å²) in [6.07, 6.45) is -10.3. The SMILES string of the molecule is CN(C)c1cc(NC(=S)Nc2cc(C(F)(F)F)cc(C(F)(F)F)c2)c(O)c2c1C[C@@]1(C)C[C@@]3(C)CC(O)=C(C(N)=O)C(=O)C3C(O)=C1C2=O. The molecule has 0 spiro atoms. The second kappa shape index (κ2) is 11.4. The first-order valence-corrected chi connectivity index (χ1v) is 15.0. The fourth-order valence-corrected chi connectivity index (χ4v) is 7.70. The molecule has 5 rings (SSSR count). The Morgan fingerprint density at radius 1 is 0.959 bits per heavy atom. The number of allylic oxidation sites excluding steroid dienone is 3. The molecule has 3 atom stereocenters. The Balaban J connectivity index is 1.58. The number of aromatic hydroxyl groups is 1. The van der Waals surface area contributed by atoms with Crippen molar-refractivity contribution in [1.82, 2.24) is 0 Å². The first-order chi connectivity index (χ1) is 22.4. The van der Waals surface area contributed by atoms with Crippen molar-refractivity contribution in [2.24, 2.45) is 22.5 Å². The smallest absolute Gasteiger partial charge is 0.416 e. The number of Topliss-reactive ketones (excluding diaryl/α,β-unsaturated/α-hetero) is 2. The van der Waals surface area contributed by atoms with E-state index in [9.17, 15) is 56.0 Å². The second-order valence-electron chi connectivity index (χ2n) is 13.2. The van der Waals surface area contributed by atoms with Crippen molar-refractivity contribution in [3.63, 3.8) is 0 Å². The molecule has 2 aromatic carbocycles. The second-order valence-corrected chi connectivity index (χ2v) is 13.6. The predicted octanol–water partition coefficient (Wildman–Crippen LogP) is 6.16. The minimum atomic E-state index is -5.11. The van der Waals surface area contributed by atoms with Crippen molar-refractivity contribution in [3.05, 3.63) is 69.2 Å². The summed E-state index contributed by atoms with van der Waals surface area (Å²) in [6.45, 7) is 3.32. The highest BCUT2D eigenvalue weighted by molar-refractivity contribution is 7.80. The summed E-state index contributed by atoms with van der Waals surface area (Å²) in [4.78, 5) is 41.3. The number of hydrogen-bond donors (Lipinski definition) is 6. The van der Waals surface area contributed by atoms with E-state index in [1.165, 1.54) is 6.07 Å². The van der Waals surface area contributed by atoms with Gasteiger partial charge in [0.2, 0.25) is 0 Å². The van der Waals surface area contributed by atoms with Crippen LogP contribution in [0.1, 0.15) is 53.7 Å². The van der Waals surface area contributed by atoms with Gasteiger partial charge in [0.15, 0.2) is 22.4 Å². The minimum Gasteiger partial charge on any atom is -0.511 e. The number of hydrogen-bond acceptors (Lipinski definition) is 8. The zero-order chi connectivity index (χ0) is 36.8. The number of nitrogens with two attached hydrogens (primary N) is 1. The van der Waals surface area contributed by atoms with Gasteiger partial charge in [-0.15, -0.1) is 0 Å². The number of nitrogens with one attached hydrogen (secondary N) is 2. The maximum Gasteiger partial charge on any atom is 0.416 e. The topological polar surface area (TPSA) is 165 Å². The number of halogens is 6. The summed E-state index contributed by atoms with van der Waals surface area (Å²) >= 11 is 5.16. The zero-order valence-electron chi connectivity index (χ0n) is 26.3. The Labute approximate surface area is 280 Å².